The molecule has 90 valence electrons. The first-order chi connectivity index (χ1) is 7.39. The Morgan fingerprint density at radius 3 is 2.88 bits per heavy atom. The molecule has 0 saturated carbocycles. The van der Waals surface area contributed by atoms with Gasteiger partial charge in [0.15, 0.2) is 0 Å². The predicted molar refractivity (Wildman–Crippen MR) is 57.9 cm³/mol. The van der Waals surface area contributed by atoms with Gasteiger partial charge in [0.1, 0.15) is 11.7 Å². The molecule has 1 fully saturated rings. The Balaban J connectivity index is 2.97. The minimum atomic E-state index is -0.871. The number of carbonyl (C=O) groups excluding carboxylic acids is 1. The Morgan fingerprint density at radius 1 is 1.75 bits per heavy atom. The molecule has 0 N–H and O–H groups in total. The number of ether oxygens (including phenoxy) is 2. The Bertz CT molecular complexity index is 332. The number of esters is 1. The van der Waals surface area contributed by atoms with E-state index in [0.29, 0.717) is 6.42 Å². The van der Waals surface area contributed by atoms with E-state index in [1.54, 1.807) is 13.8 Å². The van der Waals surface area contributed by atoms with E-state index in [2.05, 4.69) is 10.0 Å². The van der Waals surface area contributed by atoms with Crippen LogP contribution in [0.5, 0.6) is 0 Å². The third-order valence-electron chi connectivity index (χ3n) is 2.54. The second kappa shape index (κ2) is 4.91. The fourth-order valence-corrected chi connectivity index (χ4v) is 2.38. The fraction of sp³-hybridized carbons (Fsp3) is 0.889. The van der Waals surface area contributed by atoms with E-state index in [-0.39, 0.29) is 0 Å². The number of alkyl halides is 1. The standard InChI is InChI=1S/C9H14ClN3O3/c1-5-8(16-6(2)14)9(3,12-13-11)4-7(10)15-5/h5,7-8H,4H2,1-3H3/t5-,7-,8+,9-/m0/s1. The minimum absolute atomic E-state index is 0.306. The number of carbonyl (C=O) groups is 1. The van der Waals surface area contributed by atoms with E-state index in [9.17, 15) is 4.79 Å². The maximum Gasteiger partial charge on any atom is 0.303 e. The summed E-state index contributed by atoms with van der Waals surface area (Å²) in [7, 11) is 0. The maximum absolute atomic E-state index is 11.0. The highest BCUT2D eigenvalue weighted by Crippen LogP contribution is 2.36. The SMILES string of the molecule is CC(=O)O[C@@H]1[C@H](C)O[C@H](Cl)C[C@]1(C)N=[N+]=[N-]. The van der Waals surface area contributed by atoms with Gasteiger partial charge in [0.2, 0.25) is 0 Å². The van der Waals surface area contributed by atoms with E-state index in [4.69, 9.17) is 26.6 Å². The van der Waals surface area contributed by atoms with Gasteiger partial charge in [0, 0.05) is 18.3 Å². The second-order valence-corrected chi connectivity index (χ2v) is 4.52. The van der Waals surface area contributed by atoms with Gasteiger partial charge in [0.25, 0.3) is 0 Å². The van der Waals surface area contributed by atoms with Crippen LogP contribution in [0.3, 0.4) is 0 Å². The average molecular weight is 248 g/mol. The van der Waals surface area contributed by atoms with Crippen LogP contribution in [0.2, 0.25) is 0 Å². The lowest BCUT2D eigenvalue weighted by molar-refractivity contribution is -0.173. The van der Waals surface area contributed by atoms with Crippen molar-refractivity contribution in [1.29, 1.82) is 0 Å². The molecule has 1 saturated heterocycles. The quantitative estimate of drug-likeness (QED) is 0.247. The van der Waals surface area contributed by atoms with Crippen molar-refractivity contribution in [3.63, 3.8) is 0 Å². The number of rotatable bonds is 2. The first kappa shape index (κ1) is 13.1. The lowest BCUT2D eigenvalue weighted by Crippen LogP contribution is -2.54. The van der Waals surface area contributed by atoms with Crippen LogP contribution >= 0.6 is 11.6 Å². The van der Waals surface area contributed by atoms with E-state index >= 15 is 0 Å². The van der Waals surface area contributed by atoms with Gasteiger partial charge in [-0.15, -0.1) is 0 Å². The fourth-order valence-electron chi connectivity index (χ4n) is 1.90. The Labute approximate surface area is 98.5 Å². The molecule has 1 rings (SSSR count). The Kier molecular flexibility index (Phi) is 4.02. The van der Waals surface area contributed by atoms with Gasteiger partial charge >= 0.3 is 5.97 Å². The smallest absolute Gasteiger partial charge is 0.303 e. The van der Waals surface area contributed by atoms with Gasteiger partial charge in [0.05, 0.1) is 11.6 Å². The van der Waals surface area contributed by atoms with Crippen molar-refractivity contribution in [2.45, 2.75) is 50.5 Å². The highest BCUT2D eigenvalue weighted by Gasteiger charge is 2.46. The van der Waals surface area contributed by atoms with E-state index in [1.165, 1.54) is 6.92 Å². The lowest BCUT2D eigenvalue weighted by Gasteiger charge is -2.42. The molecule has 0 aromatic carbocycles. The summed E-state index contributed by atoms with van der Waals surface area (Å²) in [6.45, 7) is 4.73. The third kappa shape index (κ3) is 2.78. The predicted octanol–water partition coefficient (Wildman–Crippen LogP) is 2.36. The molecule has 0 bridgehead atoms. The van der Waals surface area contributed by atoms with Crippen molar-refractivity contribution in [1.82, 2.24) is 0 Å². The molecule has 4 atom stereocenters. The van der Waals surface area contributed by atoms with Crippen LogP contribution in [0.4, 0.5) is 0 Å². The highest BCUT2D eigenvalue weighted by molar-refractivity contribution is 6.19. The van der Waals surface area contributed by atoms with Crippen molar-refractivity contribution in [3.05, 3.63) is 10.4 Å². The monoisotopic (exact) mass is 247 g/mol. The Hall–Kier alpha value is -0.970. The molecule has 1 heterocycles. The van der Waals surface area contributed by atoms with Crippen LogP contribution in [0.25, 0.3) is 10.4 Å². The first-order valence-electron chi connectivity index (χ1n) is 4.92. The topological polar surface area (TPSA) is 84.3 Å². The van der Waals surface area contributed by atoms with Gasteiger partial charge < -0.3 is 9.47 Å². The summed E-state index contributed by atoms with van der Waals surface area (Å²) in [5.74, 6) is -0.437. The van der Waals surface area contributed by atoms with Crippen LogP contribution in [0, 0.1) is 0 Å². The molecule has 0 spiro atoms. The van der Waals surface area contributed by atoms with Crippen LogP contribution in [-0.4, -0.2) is 29.3 Å². The van der Waals surface area contributed by atoms with Gasteiger partial charge in [-0.1, -0.05) is 23.6 Å². The summed E-state index contributed by atoms with van der Waals surface area (Å²) < 4.78 is 10.5. The van der Waals surface area contributed by atoms with Crippen LogP contribution in [0.1, 0.15) is 27.2 Å². The number of halogens is 1. The van der Waals surface area contributed by atoms with E-state index in [1.807, 2.05) is 0 Å². The van der Waals surface area contributed by atoms with Crippen molar-refractivity contribution in [2.24, 2.45) is 5.11 Å². The summed E-state index contributed by atoms with van der Waals surface area (Å²) in [6.07, 6.45) is -0.715. The molecule has 0 radical (unpaired) electrons. The molecular weight excluding hydrogens is 234 g/mol. The lowest BCUT2D eigenvalue weighted by atomic mass is 9.86. The molecule has 0 aliphatic carbocycles. The zero-order valence-electron chi connectivity index (χ0n) is 9.38. The molecular formula is C9H14ClN3O3. The average Bonchev–Trinajstić information content (AvgIpc) is 2.11. The molecule has 16 heavy (non-hydrogen) atoms. The molecule has 0 unspecified atom stereocenters. The zero-order valence-corrected chi connectivity index (χ0v) is 10.1. The van der Waals surface area contributed by atoms with E-state index < -0.39 is 29.3 Å². The van der Waals surface area contributed by atoms with Crippen LogP contribution in [0.15, 0.2) is 5.11 Å². The van der Waals surface area contributed by atoms with Crippen LogP contribution < -0.4 is 0 Å². The number of hydrogen-bond acceptors (Lipinski definition) is 4. The summed E-state index contributed by atoms with van der Waals surface area (Å²) >= 11 is 5.89. The van der Waals surface area contributed by atoms with Gasteiger partial charge in [-0.05, 0) is 12.5 Å². The van der Waals surface area contributed by atoms with Crippen molar-refractivity contribution >= 4 is 17.6 Å². The minimum Gasteiger partial charge on any atom is -0.459 e. The summed E-state index contributed by atoms with van der Waals surface area (Å²) in [6, 6.07) is 0. The molecule has 6 nitrogen and oxygen atoms in total. The zero-order chi connectivity index (χ0) is 12.3. The number of azide groups is 1. The third-order valence-corrected chi connectivity index (χ3v) is 2.80. The molecule has 1 aliphatic heterocycles. The normalized spacial score (nSPS) is 38.6. The maximum atomic E-state index is 11.0. The number of nitrogens with zero attached hydrogens (tertiary/aromatic N) is 3. The largest absolute Gasteiger partial charge is 0.459 e. The summed E-state index contributed by atoms with van der Waals surface area (Å²) in [5, 5.41) is 3.69. The highest BCUT2D eigenvalue weighted by atomic mass is 35.5. The molecule has 0 amide bonds. The van der Waals surface area contributed by atoms with Crippen LogP contribution in [-0.2, 0) is 14.3 Å². The molecule has 0 aromatic heterocycles. The van der Waals surface area contributed by atoms with Crippen molar-refractivity contribution < 1.29 is 14.3 Å². The molecule has 7 heteroatoms. The van der Waals surface area contributed by atoms with Crippen molar-refractivity contribution in [2.75, 3.05) is 0 Å². The first-order valence-corrected chi connectivity index (χ1v) is 5.35. The van der Waals surface area contributed by atoms with Crippen molar-refractivity contribution in [3.8, 4) is 0 Å². The summed E-state index contributed by atoms with van der Waals surface area (Å²) in [4.78, 5) is 13.8. The molecule has 1 aliphatic rings. The summed E-state index contributed by atoms with van der Waals surface area (Å²) in [5.41, 5.74) is 7.13. The molecule has 0 aromatic rings. The second-order valence-electron chi connectivity index (χ2n) is 4.03. The Morgan fingerprint density at radius 2 is 2.38 bits per heavy atom. The van der Waals surface area contributed by atoms with Gasteiger partial charge in [-0.25, -0.2) is 0 Å². The van der Waals surface area contributed by atoms with Gasteiger partial charge in [-0.3, -0.25) is 4.79 Å². The van der Waals surface area contributed by atoms with E-state index in [0.717, 1.165) is 0 Å². The van der Waals surface area contributed by atoms with Gasteiger partial charge in [-0.2, -0.15) is 0 Å². The number of hydrogen-bond donors (Lipinski definition) is 0.